The van der Waals surface area contributed by atoms with Crippen molar-refractivity contribution in [1.29, 1.82) is 0 Å². The van der Waals surface area contributed by atoms with Gasteiger partial charge in [0, 0.05) is 12.1 Å². The smallest absolute Gasteiger partial charge is 0.350 e. The first kappa shape index (κ1) is 19.3. The number of benzene rings is 1. The molecule has 1 saturated carbocycles. The lowest BCUT2D eigenvalue weighted by atomic mass is 10.1. The molecule has 2 nitrogen and oxygen atoms in total. The van der Waals surface area contributed by atoms with Crippen molar-refractivity contribution < 1.29 is 18.0 Å². The van der Waals surface area contributed by atoms with Gasteiger partial charge in [-0.3, -0.25) is 4.79 Å². The molecule has 1 aliphatic rings. The highest BCUT2D eigenvalue weighted by Crippen LogP contribution is 2.49. The number of allylic oxidation sites excluding steroid dienone is 3. The van der Waals surface area contributed by atoms with E-state index in [0.717, 1.165) is 18.1 Å². The Bertz CT molecular complexity index is 661. The second-order valence-corrected chi connectivity index (χ2v) is 6.91. The molecule has 25 heavy (non-hydrogen) atoms. The van der Waals surface area contributed by atoms with Gasteiger partial charge in [0.2, 0.25) is 5.91 Å². The maximum Gasteiger partial charge on any atom is 0.416 e. The Hall–Kier alpha value is -2.04. The van der Waals surface area contributed by atoms with Gasteiger partial charge in [0.15, 0.2) is 0 Å². The third kappa shape index (κ3) is 5.76. The second kappa shape index (κ2) is 7.89. The quantitative estimate of drug-likeness (QED) is 0.562. The zero-order chi connectivity index (χ0) is 18.6. The van der Waals surface area contributed by atoms with Gasteiger partial charge < -0.3 is 5.32 Å². The molecule has 0 aliphatic heterocycles. The fourth-order valence-corrected chi connectivity index (χ4v) is 2.55. The SMILES string of the molecule is CC(C)C(C)NC(=O)/C=C/C=C[C@@H]1C[C@@H]1c1cccc(C(F)(F)F)c1. The maximum absolute atomic E-state index is 12.8. The third-order valence-corrected chi connectivity index (χ3v) is 4.57. The topological polar surface area (TPSA) is 29.1 Å². The monoisotopic (exact) mass is 351 g/mol. The van der Waals surface area contributed by atoms with Crippen LogP contribution < -0.4 is 5.32 Å². The average molecular weight is 351 g/mol. The van der Waals surface area contributed by atoms with E-state index in [4.69, 9.17) is 0 Å². The second-order valence-electron chi connectivity index (χ2n) is 6.91. The molecule has 0 saturated heterocycles. The van der Waals surface area contributed by atoms with E-state index in [9.17, 15) is 18.0 Å². The molecule has 1 aliphatic carbocycles. The molecule has 0 heterocycles. The van der Waals surface area contributed by atoms with E-state index in [0.29, 0.717) is 5.92 Å². The van der Waals surface area contributed by atoms with Crippen LogP contribution in [0.25, 0.3) is 0 Å². The van der Waals surface area contributed by atoms with Gasteiger partial charge in [-0.25, -0.2) is 0 Å². The van der Waals surface area contributed by atoms with E-state index in [1.165, 1.54) is 18.2 Å². The molecule has 0 bridgehead atoms. The summed E-state index contributed by atoms with van der Waals surface area (Å²) < 4.78 is 38.3. The number of rotatable bonds is 6. The molecular weight excluding hydrogens is 327 g/mol. The van der Waals surface area contributed by atoms with Crippen molar-refractivity contribution in [3.05, 3.63) is 59.7 Å². The summed E-state index contributed by atoms with van der Waals surface area (Å²) in [7, 11) is 0. The molecule has 0 aromatic heterocycles. The van der Waals surface area contributed by atoms with Crippen molar-refractivity contribution in [2.45, 2.75) is 45.3 Å². The van der Waals surface area contributed by atoms with Crippen LogP contribution in [0.3, 0.4) is 0 Å². The molecule has 1 aromatic carbocycles. The van der Waals surface area contributed by atoms with Gasteiger partial charge in [0.1, 0.15) is 0 Å². The summed E-state index contributed by atoms with van der Waals surface area (Å²) in [6, 6.07) is 5.63. The van der Waals surface area contributed by atoms with Crippen LogP contribution in [0.5, 0.6) is 0 Å². The van der Waals surface area contributed by atoms with Crippen LogP contribution >= 0.6 is 0 Å². The zero-order valence-electron chi connectivity index (χ0n) is 14.7. The predicted octanol–water partition coefficient (Wildman–Crippen LogP) is 5.08. The minimum atomic E-state index is -4.31. The molecule has 0 spiro atoms. The summed E-state index contributed by atoms with van der Waals surface area (Å²) in [5.41, 5.74) is 0.118. The van der Waals surface area contributed by atoms with Crippen LogP contribution in [0.4, 0.5) is 13.2 Å². The molecule has 2 rings (SSSR count). The molecule has 3 atom stereocenters. The average Bonchev–Trinajstić information content (AvgIpc) is 3.30. The lowest BCUT2D eigenvalue weighted by Gasteiger charge is -2.15. The van der Waals surface area contributed by atoms with Crippen LogP contribution in [-0.2, 0) is 11.0 Å². The standard InChI is InChI=1S/C20H24F3NO/c1-13(2)14(3)24-19(25)10-5-4-7-16-12-18(16)15-8-6-9-17(11-15)20(21,22)23/h4-11,13-14,16,18H,12H2,1-3H3,(H,24,25)/b7-4?,10-5+/t14?,16-,18-/m1/s1. The van der Waals surface area contributed by atoms with Gasteiger partial charge in [-0.2, -0.15) is 13.2 Å². The lowest BCUT2D eigenvalue weighted by Crippen LogP contribution is -2.34. The molecule has 5 heteroatoms. The van der Waals surface area contributed by atoms with Crippen LogP contribution in [0.15, 0.2) is 48.6 Å². The van der Waals surface area contributed by atoms with E-state index < -0.39 is 11.7 Å². The fraction of sp³-hybridized carbons (Fsp3) is 0.450. The number of carbonyl (C=O) groups excluding carboxylic acids is 1. The third-order valence-electron chi connectivity index (χ3n) is 4.57. The van der Waals surface area contributed by atoms with Crippen molar-refractivity contribution in [2.24, 2.45) is 11.8 Å². The largest absolute Gasteiger partial charge is 0.416 e. The van der Waals surface area contributed by atoms with Gasteiger partial charge in [0.25, 0.3) is 0 Å². The first-order chi connectivity index (χ1) is 11.7. The highest BCUT2D eigenvalue weighted by atomic mass is 19.4. The summed E-state index contributed by atoms with van der Waals surface area (Å²) >= 11 is 0. The van der Waals surface area contributed by atoms with Crippen molar-refractivity contribution in [2.75, 3.05) is 0 Å². The molecule has 1 N–H and O–H groups in total. The number of alkyl halides is 3. The molecule has 1 amide bonds. The lowest BCUT2D eigenvalue weighted by molar-refractivity contribution is -0.137. The van der Waals surface area contributed by atoms with Crippen molar-refractivity contribution >= 4 is 5.91 Å². The molecule has 1 aromatic rings. The van der Waals surface area contributed by atoms with E-state index in [2.05, 4.69) is 5.32 Å². The fourth-order valence-electron chi connectivity index (χ4n) is 2.55. The van der Waals surface area contributed by atoms with Crippen LogP contribution in [0, 0.1) is 11.8 Å². The first-order valence-electron chi connectivity index (χ1n) is 8.51. The summed E-state index contributed by atoms with van der Waals surface area (Å²) in [4.78, 5) is 11.7. The molecule has 136 valence electrons. The number of hydrogen-bond donors (Lipinski definition) is 1. The minimum Gasteiger partial charge on any atom is -0.350 e. The number of carbonyl (C=O) groups is 1. The van der Waals surface area contributed by atoms with E-state index in [-0.39, 0.29) is 23.8 Å². The van der Waals surface area contributed by atoms with Gasteiger partial charge in [-0.05, 0) is 42.7 Å². The Balaban J connectivity index is 1.85. The van der Waals surface area contributed by atoms with Crippen molar-refractivity contribution in [1.82, 2.24) is 5.32 Å². The zero-order valence-corrected chi connectivity index (χ0v) is 14.7. The van der Waals surface area contributed by atoms with Crippen LogP contribution in [-0.4, -0.2) is 11.9 Å². The van der Waals surface area contributed by atoms with Crippen LogP contribution in [0.2, 0.25) is 0 Å². The summed E-state index contributed by atoms with van der Waals surface area (Å²) in [5, 5.41) is 2.87. The van der Waals surface area contributed by atoms with Gasteiger partial charge >= 0.3 is 6.18 Å². The van der Waals surface area contributed by atoms with Crippen molar-refractivity contribution in [3.63, 3.8) is 0 Å². The maximum atomic E-state index is 12.8. The van der Waals surface area contributed by atoms with Gasteiger partial charge in [-0.15, -0.1) is 0 Å². The van der Waals surface area contributed by atoms with Gasteiger partial charge in [0.05, 0.1) is 5.56 Å². The highest BCUT2D eigenvalue weighted by molar-refractivity contribution is 5.87. The van der Waals surface area contributed by atoms with Crippen LogP contribution in [0.1, 0.15) is 44.2 Å². The summed E-state index contributed by atoms with van der Waals surface area (Å²) in [6.07, 6.45) is 3.40. The van der Waals surface area contributed by atoms with E-state index >= 15 is 0 Å². The minimum absolute atomic E-state index is 0.106. The van der Waals surface area contributed by atoms with Crippen molar-refractivity contribution in [3.8, 4) is 0 Å². The molecule has 1 fully saturated rings. The normalized spacial score (nSPS) is 21.9. The predicted molar refractivity (Wildman–Crippen MR) is 93.0 cm³/mol. The van der Waals surface area contributed by atoms with E-state index in [1.807, 2.05) is 26.8 Å². The Morgan fingerprint density at radius 1 is 1.24 bits per heavy atom. The summed E-state index contributed by atoms with van der Waals surface area (Å²) in [5.74, 6) is 0.580. The number of amides is 1. The Morgan fingerprint density at radius 2 is 1.96 bits per heavy atom. The highest BCUT2D eigenvalue weighted by Gasteiger charge is 2.38. The number of halogens is 3. The number of nitrogens with one attached hydrogen (secondary N) is 1. The number of hydrogen-bond acceptors (Lipinski definition) is 1. The van der Waals surface area contributed by atoms with Gasteiger partial charge in [-0.1, -0.05) is 50.3 Å². The van der Waals surface area contributed by atoms with E-state index in [1.54, 1.807) is 18.2 Å². The Labute approximate surface area is 146 Å². The Kier molecular flexibility index (Phi) is 6.09. The molecule has 1 unspecified atom stereocenters. The summed E-state index contributed by atoms with van der Waals surface area (Å²) in [6.45, 7) is 6.03. The Morgan fingerprint density at radius 3 is 2.60 bits per heavy atom. The molecule has 0 radical (unpaired) electrons. The molecular formula is C20H24F3NO. The first-order valence-corrected chi connectivity index (χ1v) is 8.51.